The Bertz CT molecular complexity index is 404. The van der Waals surface area contributed by atoms with Crippen molar-refractivity contribution in [3.05, 3.63) is 35.7 Å². The molecule has 0 fully saturated rings. The van der Waals surface area contributed by atoms with Crippen molar-refractivity contribution in [3.63, 3.8) is 0 Å². The molecule has 0 radical (unpaired) electrons. The van der Waals surface area contributed by atoms with Gasteiger partial charge in [0.15, 0.2) is 5.78 Å². The van der Waals surface area contributed by atoms with E-state index in [-0.39, 0.29) is 5.78 Å². The zero-order valence-corrected chi connectivity index (χ0v) is 13.2. The summed E-state index contributed by atoms with van der Waals surface area (Å²) in [6, 6.07) is 0. The van der Waals surface area contributed by atoms with Gasteiger partial charge in [-0.05, 0) is 33.7 Å². The molecule has 0 heterocycles. The molecular weight excluding hydrogens is 250 g/mol. The monoisotopic (exact) mass is 277 g/mol. The first-order valence-corrected chi connectivity index (χ1v) is 7.00. The van der Waals surface area contributed by atoms with E-state index in [1.54, 1.807) is 6.92 Å². The maximum Gasteiger partial charge on any atom is 0.191 e. The van der Waals surface area contributed by atoms with Crippen LogP contribution in [0.4, 0.5) is 0 Å². The third-order valence-corrected chi connectivity index (χ3v) is 3.17. The number of rotatable bonds is 10. The molecule has 0 amide bonds. The van der Waals surface area contributed by atoms with E-state index in [9.17, 15) is 4.79 Å². The standard InChI is InChI=1S/C16H27N3O/c1-7-15(18-10-11-19(8-2)9-3)14(5)16(20)13(4)12-17-6/h7,12,18H,5-6,8-11H2,1-4H3/b13-12+,15-7+. The number of carbonyl (C=O) groups excluding carboxylic acids is 1. The summed E-state index contributed by atoms with van der Waals surface area (Å²) in [6.45, 7) is 18.9. The van der Waals surface area contributed by atoms with Crippen molar-refractivity contribution >= 4 is 12.5 Å². The molecule has 0 saturated heterocycles. The van der Waals surface area contributed by atoms with E-state index in [0.717, 1.165) is 31.9 Å². The second-order valence-corrected chi connectivity index (χ2v) is 4.46. The summed E-state index contributed by atoms with van der Waals surface area (Å²) >= 11 is 0. The van der Waals surface area contributed by atoms with Gasteiger partial charge in [-0.15, -0.1) is 0 Å². The van der Waals surface area contributed by atoms with Gasteiger partial charge in [-0.1, -0.05) is 26.5 Å². The SMILES string of the molecule is C=N/C=C(\C)C(=O)C(=C)/C(=C\C)NCCN(CC)CC. The first kappa shape index (κ1) is 18.3. The molecule has 1 N–H and O–H groups in total. The number of hydrogen-bond donors (Lipinski definition) is 1. The fourth-order valence-electron chi connectivity index (χ4n) is 1.83. The molecule has 0 aliphatic heterocycles. The number of nitrogens with one attached hydrogen (secondary N) is 1. The molecule has 0 atom stereocenters. The first-order valence-electron chi connectivity index (χ1n) is 7.00. The van der Waals surface area contributed by atoms with Crippen molar-refractivity contribution in [1.82, 2.24) is 10.2 Å². The van der Waals surface area contributed by atoms with E-state index in [2.05, 4.69) is 42.4 Å². The third kappa shape index (κ3) is 5.97. The van der Waals surface area contributed by atoms with E-state index < -0.39 is 0 Å². The Balaban J connectivity index is 4.55. The fourth-order valence-corrected chi connectivity index (χ4v) is 1.83. The molecule has 0 aromatic rings. The predicted octanol–water partition coefficient (Wildman–Crippen LogP) is 2.55. The van der Waals surface area contributed by atoms with E-state index in [4.69, 9.17) is 0 Å². The Kier molecular flexibility index (Phi) is 9.30. The lowest BCUT2D eigenvalue weighted by Gasteiger charge is -2.19. The van der Waals surface area contributed by atoms with Crippen LogP contribution >= 0.6 is 0 Å². The second-order valence-electron chi connectivity index (χ2n) is 4.46. The van der Waals surface area contributed by atoms with Crippen molar-refractivity contribution in [2.45, 2.75) is 27.7 Å². The lowest BCUT2D eigenvalue weighted by atomic mass is 10.0. The van der Waals surface area contributed by atoms with Crippen LogP contribution in [0.15, 0.2) is 40.7 Å². The maximum absolute atomic E-state index is 12.1. The van der Waals surface area contributed by atoms with Gasteiger partial charge in [0.25, 0.3) is 0 Å². The highest BCUT2D eigenvalue weighted by Gasteiger charge is 2.13. The van der Waals surface area contributed by atoms with Gasteiger partial charge in [-0.2, -0.15) is 0 Å². The van der Waals surface area contributed by atoms with Gasteiger partial charge in [0.1, 0.15) is 0 Å². The summed E-state index contributed by atoms with van der Waals surface area (Å²) in [5.41, 5.74) is 1.78. The largest absolute Gasteiger partial charge is 0.383 e. The topological polar surface area (TPSA) is 44.7 Å². The first-order chi connectivity index (χ1) is 9.51. The Hall–Kier alpha value is -1.68. The molecule has 0 aromatic heterocycles. The minimum atomic E-state index is -0.110. The average molecular weight is 277 g/mol. The molecule has 112 valence electrons. The number of carbonyl (C=O) groups is 1. The van der Waals surface area contributed by atoms with Gasteiger partial charge in [0.2, 0.25) is 0 Å². The Labute approximate surface area is 123 Å². The summed E-state index contributed by atoms with van der Waals surface area (Å²) in [6.07, 6.45) is 3.33. The van der Waals surface area contributed by atoms with Crippen LogP contribution in [0.1, 0.15) is 27.7 Å². The van der Waals surface area contributed by atoms with Crippen LogP contribution in [0.25, 0.3) is 0 Å². The quantitative estimate of drug-likeness (QED) is 0.379. The normalized spacial score (nSPS) is 12.4. The summed E-state index contributed by atoms with van der Waals surface area (Å²) in [7, 11) is 0. The number of ketones is 1. The third-order valence-electron chi connectivity index (χ3n) is 3.17. The zero-order chi connectivity index (χ0) is 15.5. The number of likely N-dealkylation sites (N-methyl/N-ethyl adjacent to an activating group) is 1. The number of aliphatic imine (C=N–C) groups is 1. The van der Waals surface area contributed by atoms with Crippen LogP contribution in [0.2, 0.25) is 0 Å². The lowest BCUT2D eigenvalue weighted by Crippen LogP contribution is -2.32. The molecule has 0 bridgehead atoms. The number of nitrogens with zero attached hydrogens (tertiary/aromatic N) is 2. The second kappa shape index (κ2) is 10.1. The van der Waals surface area contributed by atoms with Crippen LogP contribution < -0.4 is 5.32 Å². The van der Waals surface area contributed by atoms with E-state index >= 15 is 0 Å². The number of allylic oxidation sites excluding steroid dienone is 3. The molecule has 0 aromatic carbocycles. The molecule has 4 heteroatoms. The molecule has 4 nitrogen and oxygen atoms in total. The van der Waals surface area contributed by atoms with E-state index in [1.807, 2.05) is 13.0 Å². The lowest BCUT2D eigenvalue weighted by molar-refractivity contribution is -0.112. The highest BCUT2D eigenvalue weighted by atomic mass is 16.1. The number of hydrogen-bond acceptors (Lipinski definition) is 4. The Morgan fingerprint density at radius 2 is 1.95 bits per heavy atom. The molecule has 0 aliphatic rings. The summed E-state index contributed by atoms with van der Waals surface area (Å²) in [5.74, 6) is -0.110. The molecule has 0 unspecified atom stereocenters. The van der Waals surface area contributed by atoms with Crippen molar-refractivity contribution in [3.8, 4) is 0 Å². The Morgan fingerprint density at radius 3 is 2.40 bits per heavy atom. The van der Waals surface area contributed by atoms with Gasteiger partial charge in [0.05, 0.1) is 0 Å². The Morgan fingerprint density at radius 1 is 1.35 bits per heavy atom. The van der Waals surface area contributed by atoms with Crippen LogP contribution in [-0.2, 0) is 4.79 Å². The van der Waals surface area contributed by atoms with Crippen molar-refractivity contribution in [2.75, 3.05) is 26.2 Å². The summed E-state index contributed by atoms with van der Waals surface area (Å²) in [5, 5.41) is 3.27. The van der Waals surface area contributed by atoms with Gasteiger partial charge in [-0.3, -0.25) is 9.79 Å². The zero-order valence-electron chi connectivity index (χ0n) is 13.2. The fraction of sp³-hybridized carbons (Fsp3) is 0.500. The maximum atomic E-state index is 12.1. The average Bonchev–Trinajstić information content (AvgIpc) is 2.46. The highest BCUT2D eigenvalue weighted by Crippen LogP contribution is 2.11. The highest BCUT2D eigenvalue weighted by molar-refractivity contribution is 6.10. The minimum absolute atomic E-state index is 0.110. The molecule has 0 spiro atoms. The van der Waals surface area contributed by atoms with Crippen molar-refractivity contribution < 1.29 is 4.79 Å². The van der Waals surface area contributed by atoms with Crippen LogP contribution in [0.5, 0.6) is 0 Å². The van der Waals surface area contributed by atoms with Gasteiger partial charge < -0.3 is 10.2 Å². The smallest absolute Gasteiger partial charge is 0.191 e. The van der Waals surface area contributed by atoms with E-state index in [1.165, 1.54) is 6.20 Å². The van der Waals surface area contributed by atoms with Crippen LogP contribution in [0.3, 0.4) is 0 Å². The van der Waals surface area contributed by atoms with Crippen molar-refractivity contribution in [1.29, 1.82) is 0 Å². The molecule has 0 rings (SSSR count). The van der Waals surface area contributed by atoms with Crippen molar-refractivity contribution in [2.24, 2.45) is 4.99 Å². The molecular formula is C16H27N3O. The number of Topliss-reactive ketones (excluding diaryl/α,β-unsaturated/α-hetero) is 1. The van der Waals surface area contributed by atoms with Gasteiger partial charge in [0, 0.05) is 36.1 Å². The molecule has 20 heavy (non-hydrogen) atoms. The molecule has 0 saturated carbocycles. The van der Waals surface area contributed by atoms with Crippen LogP contribution in [0, 0.1) is 0 Å². The predicted molar refractivity (Wildman–Crippen MR) is 87.0 cm³/mol. The van der Waals surface area contributed by atoms with E-state index in [0.29, 0.717) is 11.1 Å². The van der Waals surface area contributed by atoms with Gasteiger partial charge >= 0.3 is 0 Å². The van der Waals surface area contributed by atoms with Crippen LogP contribution in [-0.4, -0.2) is 43.6 Å². The molecule has 0 aliphatic carbocycles. The minimum Gasteiger partial charge on any atom is -0.383 e. The van der Waals surface area contributed by atoms with Gasteiger partial charge in [-0.25, -0.2) is 0 Å². The summed E-state index contributed by atoms with van der Waals surface area (Å²) in [4.78, 5) is 18.0. The summed E-state index contributed by atoms with van der Waals surface area (Å²) < 4.78 is 0.